The van der Waals surface area contributed by atoms with E-state index in [-0.39, 0.29) is 10.6 Å². The summed E-state index contributed by atoms with van der Waals surface area (Å²) in [5, 5.41) is 9.22. The van der Waals surface area contributed by atoms with Gasteiger partial charge < -0.3 is 5.11 Å². The van der Waals surface area contributed by atoms with Crippen molar-refractivity contribution in [2.45, 2.75) is 0 Å². The Bertz CT molecular complexity index is 809. The number of halogens is 2. The summed E-state index contributed by atoms with van der Waals surface area (Å²) in [7, 11) is 0. The fourth-order valence-electron chi connectivity index (χ4n) is 2.03. The van der Waals surface area contributed by atoms with Crippen LogP contribution in [0.15, 0.2) is 42.7 Å². The summed E-state index contributed by atoms with van der Waals surface area (Å²) in [6, 6.07) is 8.73. The van der Waals surface area contributed by atoms with Crippen molar-refractivity contribution < 1.29 is 14.3 Å². The normalized spacial score (nSPS) is 10.9. The van der Waals surface area contributed by atoms with Gasteiger partial charge in [-0.3, -0.25) is 4.57 Å². The van der Waals surface area contributed by atoms with Crippen molar-refractivity contribution in [1.82, 2.24) is 9.55 Å². The maximum atomic E-state index is 13.4. The number of carboxylic acids is 1. The Morgan fingerprint density at radius 2 is 2.05 bits per heavy atom. The van der Waals surface area contributed by atoms with Crippen molar-refractivity contribution in [1.29, 1.82) is 0 Å². The molecule has 0 radical (unpaired) electrons. The molecule has 1 heterocycles. The topological polar surface area (TPSA) is 55.1 Å². The van der Waals surface area contributed by atoms with E-state index >= 15 is 0 Å². The van der Waals surface area contributed by atoms with Gasteiger partial charge in [-0.15, -0.1) is 0 Å². The number of nitrogens with zero attached hydrogens (tertiary/aromatic N) is 2. The summed E-state index contributed by atoms with van der Waals surface area (Å²) in [5.41, 5.74) is 1.88. The second-order valence-electron chi connectivity index (χ2n) is 4.25. The fourth-order valence-corrected chi connectivity index (χ4v) is 2.25. The van der Waals surface area contributed by atoms with E-state index in [1.807, 2.05) is 0 Å². The van der Waals surface area contributed by atoms with Crippen LogP contribution in [0.3, 0.4) is 0 Å². The molecule has 0 atom stereocenters. The zero-order chi connectivity index (χ0) is 14.3. The molecule has 0 saturated heterocycles. The predicted molar refractivity (Wildman–Crippen MR) is 73.0 cm³/mol. The third kappa shape index (κ3) is 2.12. The lowest BCUT2D eigenvalue weighted by molar-refractivity contribution is 0.0697. The number of fused-ring (bicyclic) bond motifs is 1. The highest BCUT2D eigenvalue weighted by atomic mass is 35.5. The molecule has 20 heavy (non-hydrogen) atoms. The molecule has 0 amide bonds. The Morgan fingerprint density at radius 3 is 2.75 bits per heavy atom. The van der Waals surface area contributed by atoms with Gasteiger partial charge in [0.2, 0.25) is 0 Å². The van der Waals surface area contributed by atoms with Crippen LogP contribution in [-0.2, 0) is 0 Å². The average Bonchev–Trinajstić information content (AvgIpc) is 2.80. The Kier molecular flexibility index (Phi) is 2.91. The van der Waals surface area contributed by atoms with Gasteiger partial charge in [0.15, 0.2) is 0 Å². The van der Waals surface area contributed by atoms with Gasteiger partial charge in [0.25, 0.3) is 0 Å². The molecule has 0 bridgehead atoms. The number of aromatic carboxylic acids is 1. The van der Waals surface area contributed by atoms with Gasteiger partial charge in [-0.05, 0) is 36.4 Å². The van der Waals surface area contributed by atoms with E-state index in [0.29, 0.717) is 16.7 Å². The minimum absolute atomic E-state index is 0.153. The van der Waals surface area contributed by atoms with Crippen LogP contribution in [0.2, 0.25) is 5.02 Å². The molecular weight excluding hydrogens is 283 g/mol. The Morgan fingerprint density at radius 1 is 1.25 bits per heavy atom. The van der Waals surface area contributed by atoms with Crippen molar-refractivity contribution in [2.75, 3.05) is 0 Å². The van der Waals surface area contributed by atoms with E-state index in [9.17, 15) is 9.18 Å². The summed E-state index contributed by atoms with van der Waals surface area (Å²) < 4.78 is 15.0. The first-order valence-corrected chi connectivity index (χ1v) is 6.09. The van der Waals surface area contributed by atoms with Crippen LogP contribution < -0.4 is 0 Å². The highest BCUT2D eigenvalue weighted by molar-refractivity contribution is 6.30. The summed E-state index contributed by atoms with van der Waals surface area (Å²) in [4.78, 5) is 15.0. The van der Waals surface area contributed by atoms with Gasteiger partial charge in [-0.1, -0.05) is 11.6 Å². The van der Waals surface area contributed by atoms with Crippen molar-refractivity contribution in [3.63, 3.8) is 0 Å². The fraction of sp³-hybridized carbons (Fsp3) is 0. The first kappa shape index (κ1) is 12.6. The van der Waals surface area contributed by atoms with Crippen molar-refractivity contribution in [3.05, 3.63) is 59.1 Å². The van der Waals surface area contributed by atoms with E-state index in [4.69, 9.17) is 16.7 Å². The molecular formula is C14H8ClFN2O2. The minimum atomic E-state index is -1.02. The molecule has 4 nitrogen and oxygen atoms in total. The quantitative estimate of drug-likeness (QED) is 0.785. The summed E-state index contributed by atoms with van der Waals surface area (Å²) >= 11 is 5.83. The van der Waals surface area contributed by atoms with Crippen LogP contribution in [0.25, 0.3) is 16.7 Å². The van der Waals surface area contributed by atoms with E-state index in [0.717, 1.165) is 0 Å². The largest absolute Gasteiger partial charge is 0.478 e. The van der Waals surface area contributed by atoms with Gasteiger partial charge in [-0.2, -0.15) is 0 Å². The molecule has 3 aromatic rings. The number of hydrogen-bond acceptors (Lipinski definition) is 2. The number of carboxylic acid groups (broad SMARTS) is 1. The number of hydrogen-bond donors (Lipinski definition) is 1. The molecule has 0 spiro atoms. The maximum absolute atomic E-state index is 13.4. The average molecular weight is 291 g/mol. The maximum Gasteiger partial charge on any atom is 0.335 e. The molecule has 0 saturated carbocycles. The molecule has 3 rings (SSSR count). The van der Waals surface area contributed by atoms with Gasteiger partial charge in [0.1, 0.15) is 12.1 Å². The molecule has 1 aromatic heterocycles. The van der Waals surface area contributed by atoms with E-state index in [2.05, 4.69) is 4.98 Å². The Hall–Kier alpha value is -2.40. The molecule has 100 valence electrons. The first-order chi connectivity index (χ1) is 9.54. The molecule has 1 N–H and O–H groups in total. The van der Waals surface area contributed by atoms with Gasteiger partial charge in [-0.25, -0.2) is 14.2 Å². The monoisotopic (exact) mass is 290 g/mol. The second kappa shape index (κ2) is 4.61. The Labute approximate surface area is 118 Å². The summed E-state index contributed by atoms with van der Waals surface area (Å²) in [5.74, 6) is -1.47. The Balaban J connectivity index is 2.19. The smallest absolute Gasteiger partial charge is 0.335 e. The van der Waals surface area contributed by atoms with Crippen LogP contribution in [0.1, 0.15) is 10.4 Å². The van der Waals surface area contributed by atoms with Gasteiger partial charge in [0, 0.05) is 5.02 Å². The van der Waals surface area contributed by atoms with E-state index in [1.165, 1.54) is 30.6 Å². The minimum Gasteiger partial charge on any atom is -0.478 e. The zero-order valence-electron chi connectivity index (χ0n) is 10.0. The molecule has 0 aliphatic carbocycles. The van der Waals surface area contributed by atoms with Crippen LogP contribution in [0.4, 0.5) is 4.39 Å². The SMILES string of the molecule is O=C(O)c1ccc2c(c1)ncn2-c1cc(F)cc(Cl)c1. The number of imidazole rings is 1. The summed E-state index contributed by atoms with van der Waals surface area (Å²) in [6.45, 7) is 0. The van der Waals surface area contributed by atoms with Crippen LogP contribution in [0.5, 0.6) is 0 Å². The van der Waals surface area contributed by atoms with Gasteiger partial charge in [0.05, 0.1) is 22.3 Å². The second-order valence-corrected chi connectivity index (χ2v) is 4.69. The zero-order valence-corrected chi connectivity index (χ0v) is 10.8. The number of carbonyl (C=O) groups is 1. The number of rotatable bonds is 2. The molecule has 6 heteroatoms. The molecule has 0 aliphatic heterocycles. The standard InChI is InChI=1S/C14H8ClFN2O2/c15-9-4-10(16)6-11(5-9)18-7-17-12-3-8(14(19)20)1-2-13(12)18/h1-7H,(H,19,20). The van der Waals surface area contributed by atoms with Crippen LogP contribution >= 0.6 is 11.6 Å². The van der Waals surface area contributed by atoms with Gasteiger partial charge >= 0.3 is 5.97 Å². The van der Waals surface area contributed by atoms with Crippen LogP contribution in [-0.4, -0.2) is 20.6 Å². The van der Waals surface area contributed by atoms with E-state index < -0.39 is 11.8 Å². The lowest BCUT2D eigenvalue weighted by atomic mass is 10.2. The third-order valence-corrected chi connectivity index (χ3v) is 3.14. The van der Waals surface area contributed by atoms with Crippen LogP contribution in [0, 0.1) is 5.82 Å². The number of benzene rings is 2. The van der Waals surface area contributed by atoms with E-state index in [1.54, 1.807) is 16.7 Å². The van der Waals surface area contributed by atoms with Crippen molar-refractivity contribution in [2.24, 2.45) is 0 Å². The number of aromatic nitrogens is 2. The van der Waals surface area contributed by atoms with Crippen molar-refractivity contribution in [3.8, 4) is 5.69 Å². The summed E-state index contributed by atoms with van der Waals surface area (Å²) in [6.07, 6.45) is 1.50. The molecule has 0 aliphatic rings. The highest BCUT2D eigenvalue weighted by Gasteiger charge is 2.10. The lowest BCUT2D eigenvalue weighted by Crippen LogP contribution is -1.96. The third-order valence-electron chi connectivity index (χ3n) is 2.92. The lowest BCUT2D eigenvalue weighted by Gasteiger charge is -2.05. The predicted octanol–water partition coefficient (Wildman–Crippen LogP) is 3.52. The molecule has 0 unspecified atom stereocenters. The first-order valence-electron chi connectivity index (χ1n) is 5.71. The molecule has 0 fully saturated rings. The van der Waals surface area contributed by atoms with Crippen molar-refractivity contribution >= 4 is 28.6 Å². The highest BCUT2D eigenvalue weighted by Crippen LogP contribution is 2.22. The molecule has 2 aromatic carbocycles.